The molecule has 3 heterocycles. The Kier molecular flexibility index (Phi) is 3.87. The Morgan fingerprint density at radius 2 is 2.33 bits per heavy atom. The summed E-state index contributed by atoms with van der Waals surface area (Å²) in [6.45, 7) is 5.07. The highest BCUT2D eigenvalue weighted by atomic mass is 16.5. The van der Waals surface area contributed by atoms with Crippen molar-refractivity contribution in [2.75, 3.05) is 6.61 Å². The zero-order valence-corrected chi connectivity index (χ0v) is 12.9. The topological polar surface area (TPSA) is 52.2 Å². The Morgan fingerprint density at radius 3 is 2.95 bits per heavy atom. The predicted octanol–water partition coefficient (Wildman–Crippen LogP) is 2.65. The van der Waals surface area contributed by atoms with Gasteiger partial charge in [0.25, 0.3) is 0 Å². The van der Waals surface area contributed by atoms with Crippen molar-refractivity contribution < 1.29 is 9.15 Å². The first-order chi connectivity index (χ1) is 10.1. The molecule has 0 saturated carbocycles. The number of hydrogen-bond donors (Lipinski definition) is 1. The normalized spacial score (nSPS) is 23.1. The zero-order chi connectivity index (χ0) is 14.9. The van der Waals surface area contributed by atoms with Crippen LogP contribution in [0.4, 0.5) is 0 Å². The van der Waals surface area contributed by atoms with Crippen molar-refractivity contribution >= 4 is 0 Å². The number of rotatable bonds is 4. The summed E-state index contributed by atoms with van der Waals surface area (Å²) in [5.41, 5.74) is -0.0781. The number of aromatic nitrogens is 2. The van der Waals surface area contributed by atoms with Crippen LogP contribution in [0.25, 0.3) is 0 Å². The SMILES string of the molecule is Cn1ccnc1C(NC1CCOC(C)(C)C1)c1ccco1. The van der Waals surface area contributed by atoms with Crippen LogP contribution in [-0.4, -0.2) is 27.8 Å². The van der Waals surface area contributed by atoms with Crippen LogP contribution in [0.5, 0.6) is 0 Å². The summed E-state index contributed by atoms with van der Waals surface area (Å²) in [7, 11) is 2.01. The van der Waals surface area contributed by atoms with Crippen LogP contribution in [-0.2, 0) is 11.8 Å². The van der Waals surface area contributed by atoms with E-state index < -0.39 is 0 Å². The molecule has 2 aromatic rings. The summed E-state index contributed by atoms with van der Waals surface area (Å²) in [5.74, 6) is 1.86. The van der Waals surface area contributed by atoms with E-state index in [1.54, 1.807) is 6.26 Å². The minimum absolute atomic E-state index is 0.0288. The van der Waals surface area contributed by atoms with Gasteiger partial charge in [-0.25, -0.2) is 4.98 Å². The predicted molar refractivity (Wildman–Crippen MR) is 79.9 cm³/mol. The molecule has 114 valence electrons. The van der Waals surface area contributed by atoms with E-state index in [-0.39, 0.29) is 11.6 Å². The molecule has 1 saturated heterocycles. The fourth-order valence-corrected chi connectivity index (χ4v) is 3.00. The van der Waals surface area contributed by atoms with E-state index in [1.165, 1.54) is 0 Å². The van der Waals surface area contributed by atoms with E-state index in [9.17, 15) is 0 Å². The van der Waals surface area contributed by atoms with Gasteiger partial charge in [0.15, 0.2) is 0 Å². The fourth-order valence-electron chi connectivity index (χ4n) is 3.00. The fraction of sp³-hybridized carbons (Fsp3) is 0.562. The minimum atomic E-state index is -0.0781. The molecule has 2 unspecified atom stereocenters. The highest BCUT2D eigenvalue weighted by Gasteiger charge is 2.32. The summed E-state index contributed by atoms with van der Waals surface area (Å²) < 4.78 is 13.5. The van der Waals surface area contributed by atoms with Gasteiger partial charge in [0.1, 0.15) is 17.6 Å². The molecular weight excluding hydrogens is 266 g/mol. The van der Waals surface area contributed by atoms with E-state index in [2.05, 4.69) is 24.1 Å². The summed E-state index contributed by atoms with van der Waals surface area (Å²) in [4.78, 5) is 4.48. The van der Waals surface area contributed by atoms with E-state index in [0.29, 0.717) is 6.04 Å². The Labute approximate surface area is 125 Å². The molecule has 5 nitrogen and oxygen atoms in total. The maximum atomic E-state index is 5.80. The molecule has 21 heavy (non-hydrogen) atoms. The molecular formula is C16H23N3O2. The Balaban J connectivity index is 1.82. The first-order valence-corrected chi connectivity index (χ1v) is 7.46. The largest absolute Gasteiger partial charge is 0.467 e. The summed E-state index contributed by atoms with van der Waals surface area (Å²) >= 11 is 0. The molecule has 0 radical (unpaired) electrons. The van der Waals surface area contributed by atoms with Gasteiger partial charge in [0.05, 0.1) is 11.9 Å². The van der Waals surface area contributed by atoms with Gasteiger partial charge in [0, 0.05) is 32.1 Å². The number of furan rings is 1. The van der Waals surface area contributed by atoms with Gasteiger partial charge in [0.2, 0.25) is 0 Å². The summed E-state index contributed by atoms with van der Waals surface area (Å²) in [6.07, 6.45) is 7.47. The average molecular weight is 289 g/mol. The van der Waals surface area contributed by atoms with Crippen molar-refractivity contribution in [1.82, 2.24) is 14.9 Å². The monoisotopic (exact) mass is 289 g/mol. The third-order valence-corrected chi connectivity index (χ3v) is 4.04. The number of ether oxygens (including phenoxy) is 1. The molecule has 0 amide bonds. The van der Waals surface area contributed by atoms with Gasteiger partial charge in [-0.1, -0.05) is 0 Å². The highest BCUT2D eigenvalue weighted by Crippen LogP contribution is 2.28. The van der Waals surface area contributed by atoms with Crippen LogP contribution in [0.15, 0.2) is 35.2 Å². The Bertz CT molecular complexity index is 574. The van der Waals surface area contributed by atoms with Crippen LogP contribution in [0.2, 0.25) is 0 Å². The summed E-state index contributed by atoms with van der Waals surface area (Å²) in [5, 5.41) is 3.70. The lowest BCUT2D eigenvalue weighted by atomic mass is 9.93. The third kappa shape index (κ3) is 3.19. The zero-order valence-electron chi connectivity index (χ0n) is 12.9. The Hall–Kier alpha value is -1.59. The molecule has 0 bridgehead atoms. The Morgan fingerprint density at radius 1 is 1.48 bits per heavy atom. The standard InChI is InChI=1S/C16H23N3O2/c1-16(2)11-12(6-10-21-16)18-14(13-5-4-9-20-13)15-17-7-8-19(15)3/h4-5,7-9,12,14,18H,6,10-11H2,1-3H3. The van der Waals surface area contributed by atoms with Crippen molar-refractivity contribution in [2.45, 2.75) is 44.4 Å². The van der Waals surface area contributed by atoms with Gasteiger partial charge in [-0.2, -0.15) is 0 Å². The van der Waals surface area contributed by atoms with Crippen LogP contribution in [0.1, 0.15) is 44.3 Å². The average Bonchev–Trinajstić information content (AvgIpc) is 3.06. The molecule has 2 aromatic heterocycles. The van der Waals surface area contributed by atoms with Crippen LogP contribution >= 0.6 is 0 Å². The number of aryl methyl sites for hydroxylation is 1. The lowest BCUT2D eigenvalue weighted by molar-refractivity contribution is -0.0640. The minimum Gasteiger partial charge on any atom is -0.467 e. The van der Waals surface area contributed by atoms with E-state index in [0.717, 1.165) is 31.0 Å². The van der Waals surface area contributed by atoms with E-state index in [4.69, 9.17) is 9.15 Å². The molecule has 2 atom stereocenters. The second-order valence-electron chi connectivity index (χ2n) is 6.31. The number of nitrogens with zero attached hydrogens (tertiary/aromatic N) is 2. The van der Waals surface area contributed by atoms with Crippen LogP contribution in [0.3, 0.4) is 0 Å². The van der Waals surface area contributed by atoms with Crippen molar-refractivity contribution in [1.29, 1.82) is 0 Å². The second kappa shape index (κ2) is 5.66. The molecule has 1 aliphatic heterocycles. The first kappa shape index (κ1) is 14.4. The molecule has 1 aliphatic rings. The lowest BCUT2D eigenvalue weighted by Gasteiger charge is -2.37. The van der Waals surface area contributed by atoms with Gasteiger partial charge >= 0.3 is 0 Å². The number of imidazole rings is 1. The lowest BCUT2D eigenvalue weighted by Crippen LogP contribution is -2.45. The highest BCUT2D eigenvalue weighted by molar-refractivity contribution is 5.16. The van der Waals surface area contributed by atoms with Gasteiger partial charge in [-0.05, 0) is 38.8 Å². The third-order valence-electron chi connectivity index (χ3n) is 4.04. The van der Waals surface area contributed by atoms with Crippen LogP contribution in [0, 0.1) is 0 Å². The smallest absolute Gasteiger partial charge is 0.133 e. The molecule has 0 aromatic carbocycles. The molecule has 0 aliphatic carbocycles. The van der Waals surface area contributed by atoms with Crippen molar-refractivity contribution in [3.63, 3.8) is 0 Å². The van der Waals surface area contributed by atoms with E-state index in [1.807, 2.05) is 36.1 Å². The van der Waals surface area contributed by atoms with Gasteiger partial charge < -0.3 is 13.7 Å². The maximum Gasteiger partial charge on any atom is 0.133 e. The molecule has 1 fully saturated rings. The molecule has 3 rings (SSSR count). The van der Waals surface area contributed by atoms with Crippen LogP contribution < -0.4 is 5.32 Å². The van der Waals surface area contributed by atoms with E-state index >= 15 is 0 Å². The van der Waals surface area contributed by atoms with Gasteiger partial charge in [-0.15, -0.1) is 0 Å². The van der Waals surface area contributed by atoms with Crippen molar-refractivity contribution in [3.05, 3.63) is 42.4 Å². The first-order valence-electron chi connectivity index (χ1n) is 7.46. The second-order valence-corrected chi connectivity index (χ2v) is 6.31. The number of nitrogens with one attached hydrogen (secondary N) is 1. The van der Waals surface area contributed by atoms with Crippen molar-refractivity contribution in [3.8, 4) is 0 Å². The quantitative estimate of drug-likeness (QED) is 0.940. The molecule has 1 N–H and O–H groups in total. The summed E-state index contributed by atoms with van der Waals surface area (Å²) in [6, 6.07) is 4.27. The van der Waals surface area contributed by atoms with Crippen molar-refractivity contribution in [2.24, 2.45) is 7.05 Å². The molecule has 5 heteroatoms. The van der Waals surface area contributed by atoms with Gasteiger partial charge in [-0.3, -0.25) is 5.32 Å². The molecule has 0 spiro atoms. The maximum absolute atomic E-state index is 5.80. The number of hydrogen-bond acceptors (Lipinski definition) is 4.